The molecule has 252 valence electrons. The maximum absolute atomic E-state index is 13.5. The number of aromatic amines is 1. The molecule has 14 heteroatoms. The maximum Gasteiger partial charge on any atom is 0.271 e. The SMILES string of the molecule is CC(C)C[C@@H]1NC(=O)CCCN(C(=O)c2ccc(=O)[nH]c2)CCCNC(=O)c2csc(n2)[C@H](Cc2ccccc2)NC(=O)c2csc1n2. The first kappa shape index (κ1) is 34.6. The zero-order valence-corrected chi connectivity index (χ0v) is 28.5. The topological polar surface area (TPSA) is 166 Å². The predicted octanol–water partition coefficient (Wildman–Crippen LogP) is 4.26. The third-order valence-electron chi connectivity index (χ3n) is 7.78. The lowest BCUT2D eigenvalue weighted by Crippen LogP contribution is -2.36. The number of benzene rings is 1. The van der Waals surface area contributed by atoms with E-state index in [0.717, 1.165) is 5.56 Å². The van der Waals surface area contributed by atoms with Crippen molar-refractivity contribution in [2.24, 2.45) is 5.92 Å². The molecule has 1 aliphatic heterocycles. The van der Waals surface area contributed by atoms with Crippen LogP contribution in [-0.2, 0) is 11.2 Å². The lowest BCUT2D eigenvalue weighted by atomic mass is 10.0. The molecule has 0 spiro atoms. The average Bonchev–Trinajstić information content (AvgIpc) is 3.77. The summed E-state index contributed by atoms with van der Waals surface area (Å²) >= 11 is 2.61. The van der Waals surface area contributed by atoms with Crippen LogP contribution >= 0.6 is 22.7 Å². The fourth-order valence-corrected chi connectivity index (χ4v) is 7.09. The quantitative estimate of drug-likeness (QED) is 0.243. The van der Waals surface area contributed by atoms with Gasteiger partial charge in [-0.15, -0.1) is 22.7 Å². The van der Waals surface area contributed by atoms with Crippen molar-refractivity contribution in [3.8, 4) is 0 Å². The number of nitrogens with zero attached hydrogens (tertiary/aromatic N) is 3. The number of fused-ring (bicyclic) bond motifs is 4. The van der Waals surface area contributed by atoms with Crippen LogP contribution in [0.2, 0.25) is 0 Å². The number of carbonyl (C=O) groups is 4. The number of carbonyl (C=O) groups excluding carboxylic acids is 4. The lowest BCUT2D eigenvalue weighted by Gasteiger charge is -2.23. The average molecular weight is 690 g/mol. The second-order valence-corrected chi connectivity index (χ2v) is 13.8. The monoisotopic (exact) mass is 689 g/mol. The van der Waals surface area contributed by atoms with Crippen LogP contribution in [0.1, 0.15) is 98.5 Å². The normalized spacial score (nSPS) is 18.4. The zero-order chi connectivity index (χ0) is 34.0. The van der Waals surface area contributed by atoms with Crippen molar-refractivity contribution >= 4 is 46.3 Å². The summed E-state index contributed by atoms with van der Waals surface area (Å²) in [5.41, 5.74) is 1.50. The van der Waals surface area contributed by atoms with Gasteiger partial charge in [-0.05, 0) is 43.2 Å². The van der Waals surface area contributed by atoms with E-state index in [0.29, 0.717) is 54.4 Å². The molecule has 3 aromatic heterocycles. The number of pyridine rings is 1. The Balaban J connectivity index is 1.41. The predicted molar refractivity (Wildman–Crippen MR) is 184 cm³/mol. The van der Waals surface area contributed by atoms with Gasteiger partial charge in [0.05, 0.1) is 17.6 Å². The van der Waals surface area contributed by atoms with E-state index in [1.165, 1.54) is 41.0 Å². The summed E-state index contributed by atoms with van der Waals surface area (Å²) in [6, 6.07) is 11.6. The summed E-state index contributed by atoms with van der Waals surface area (Å²) in [5, 5.41) is 13.6. The highest BCUT2D eigenvalue weighted by atomic mass is 32.1. The Kier molecular flexibility index (Phi) is 11.9. The molecule has 2 atom stereocenters. The van der Waals surface area contributed by atoms with Gasteiger partial charge in [0.1, 0.15) is 21.4 Å². The molecular weight excluding hydrogens is 651 g/mol. The Morgan fingerprint density at radius 2 is 1.56 bits per heavy atom. The molecule has 1 aliphatic rings. The molecule has 0 saturated heterocycles. The van der Waals surface area contributed by atoms with Crippen molar-refractivity contribution in [3.05, 3.63) is 102 Å². The van der Waals surface area contributed by atoms with Crippen LogP contribution in [0.15, 0.2) is 64.2 Å². The number of hydrogen-bond acceptors (Lipinski definition) is 9. The van der Waals surface area contributed by atoms with Gasteiger partial charge in [0, 0.05) is 49.1 Å². The second kappa shape index (κ2) is 16.4. The smallest absolute Gasteiger partial charge is 0.271 e. The molecule has 4 heterocycles. The molecule has 4 bridgehead atoms. The minimum absolute atomic E-state index is 0.173. The maximum atomic E-state index is 13.5. The summed E-state index contributed by atoms with van der Waals surface area (Å²) in [6.45, 7) is 5.03. The van der Waals surface area contributed by atoms with Crippen LogP contribution in [0.25, 0.3) is 0 Å². The molecule has 5 rings (SSSR count). The van der Waals surface area contributed by atoms with Gasteiger partial charge in [0.2, 0.25) is 11.5 Å². The van der Waals surface area contributed by atoms with Crippen molar-refractivity contribution < 1.29 is 19.2 Å². The Morgan fingerprint density at radius 3 is 2.25 bits per heavy atom. The summed E-state index contributed by atoms with van der Waals surface area (Å²) in [7, 11) is 0. The van der Waals surface area contributed by atoms with E-state index in [-0.39, 0.29) is 65.5 Å². The van der Waals surface area contributed by atoms with Crippen molar-refractivity contribution in [2.45, 2.75) is 58.0 Å². The number of hydrogen-bond donors (Lipinski definition) is 4. The van der Waals surface area contributed by atoms with E-state index >= 15 is 0 Å². The van der Waals surface area contributed by atoms with Crippen LogP contribution in [0.4, 0.5) is 0 Å². The number of nitrogens with one attached hydrogen (secondary N) is 4. The van der Waals surface area contributed by atoms with Crippen LogP contribution < -0.4 is 21.5 Å². The summed E-state index contributed by atoms with van der Waals surface area (Å²) in [4.78, 5) is 78.1. The first-order valence-corrected chi connectivity index (χ1v) is 17.7. The Hall–Kier alpha value is -4.69. The molecule has 4 N–H and O–H groups in total. The zero-order valence-electron chi connectivity index (χ0n) is 26.9. The number of thiazole rings is 2. The molecule has 12 nitrogen and oxygen atoms in total. The van der Waals surface area contributed by atoms with E-state index in [2.05, 4.69) is 44.7 Å². The van der Waals surface area contributed by atoms with Gasteiger partial charge in [-0.25, -0.2) is 9.97 Å². The van der Waals surface area contributed by atoms with Gasteiger partial charge >= 0.3 is 0 Å². The highest BCUT2D eigenvalue weighted by molar-refractivity contribution is 7.10. The Morgan fingerprint density at radius 1 is 0.875 bits per heavy atom. The van der Waals surface area contributed by atoms with Crippen molar-refractivity contribution in [3.63, 3.8) is 0 Å². The van der Waals surface area contributed by atoms with E-state index in [1.54, 1.807) is 15.7 Å². The third-order valence-corrected chi connectivity index (χ3v) is 9.69. The first-order chi connectivity index (χ1) is 23.2. The molecule has 48 heavy (non-hydrogen) atoms. The first-order valence-electron chi connectivity index (χ1n) is 16.0. The van der Waals surface area contributed by atoms with Gasteiger partial charge in [-0.2, -0.15) is 0 Å². The van der Waals surface area contributed by atoms with Crippen LogP contribution in [0.3, 0.4) is 0 Å². The van der Waals surface area contributed by atoms with Crippen LogP contribution in [0.5, 0.6) is 0 Å². The van der Waals surface area contributed by atoms with Crippen molar-refractivity contribution in [2.75, 3.05) is 19.6 Å². The fourth-order valence-electron chi connectivity index (χ4n) is 5.38. The largest absolute Gasteiger partial charge is 0.351 e. The lowest BCUT2D eigenvalue weighted by molar-refractivity contribution is -0.122. The van der Waals surface area contributed by atoms with Gasteiger partial charge in [0.15, 0.2) is 0 Å². The Labute approximate surface area is 286 Å². The molecular formula is C34H39N7O5S2. The van der Waals surface area contributed by atoms with Crippen LogP contribution in [-0.4, -0.2) is 63.1 Å². The Bertz CT molecular complexity index is 1760. The van der Waals surface area contributed by atoms with E-state index < -0.39 is 6.04 Å². The van der Waals surface area contributed by atoms with Gasteiger partial charge in [-0.3, -0.25) is 24.0 Å². The second-order valence-electron chi connectivity index (χ2n) is 12.1. The van der Waals surface area contributed by atoms with E-state index in [1.807, 2.05) is 30.3 Å². The molecule has 0 aliphatic carbocycles. The summed E-state index contributed by atoms with van der Waals surface area (Å²) < 4.78 is 0. The summed E-state index contributed by atoms with van der Waals surface area (Å²) in [6.07, 6.45) is 3.51. The van der Waals surface area contributed by atoms with Gasteiger partial charge < -0.3 is 25.8 Å². The molecule has 4 aromatic rings. The molecule has 0 fully saturated rings. The fraction of sp³-hybridized carbons (Fsp3) is 0.382. The number of amides is 4. The molecule has 0 unspecified atom stereocenters. The highest BCUT2D eigenvalue weighted by Gasteiger charge is 2.26. The van der Waals surface area contributed by atoms with Crippen molar-refractivity contribution in [1.29, 1.82) is 0 Å². The van der Waals surface area contributed by atoms with Gasteiger partial charge in [-0.1, -0.05) is 44.2 Å². The minimum Gasteiger partial charge on any atom is -0.351 e. The molecule has 0 saturated carbocycles. The van der Waals surface area contributed by atoms with Gasteiger partial charge in [0.25, 0.3) is 17.7 Å². The third kappa shape index (κ3) is 9.44. The van der Waals surface area contributed by atoms with Crippen LogP contribution in [0, 0.1) is 5.92 Å². The number of H-pyrrole nitrogens is 1. The minimum atomic E-state index is -0.510. The van der Waals surface area contributed by atoms with Crippen molar-refractivity contribution in [1.82, 2.24) is 35.8 Å². The molecule has 4 amide bonds. The highest BCUT2D eigenvalue weighted by Crippen LogP contribution is 2.27. The number of aromatic nitrogens is 3. The summed E-state index contributed by atoms with van der Waals surface area (Å²) in [5.74, 6) is -0.938. The van der Waals surface area contributed by atoms with E-state index in [9.17, 15) is 24.0 Å². The molecule has 0 radical (unpaired) electrons. The molecule has 1 aromatic carbocycles. The number of rotatable bonds is 5. The van der Waals surface area contributed by atoms with E-state index in [4.69, 9.17) is 0 Å². The standard InChI is InChI=1S/C34H39N7O5S2/c1-21(2)16-24-32-40-27(20-48-32)31(45)38-25(17-22-8-4-3-5-9-22)33-39-26(19-47-33)30(44)35-13-7-15-41(14-6-10-29(43)37-24)34(46)23-11-12-28(42)36-18-23/h3-5,8-9,11-12,18-21,24-25H,6-7,10,13-17H2,1-2H3,(H,35,44)(H,36,42)(H,37,43)(H,38,45)/t24-,25-/m0/s1.